The first kappa shape index (κ1) is 11.7. The van der Waals surface area contributed by atoms with Gasteiger partial charge < -0.3 is 9.84 Å². The number of aliphatic hydroxyl groups is 1. The van der Waals surface area contributed by atoms with E-state index in [0.29, 0.717) is 5.02 Å². The third kappa shape index (κ3) is 2.78. The number of ketones is 1. The van der Waals surface area contributed by atoms with Crippen LogP contribution in [0.1, 0.15) is 10.4 Å². The number of Topliss-reactive ketones (excluding diaryl/α,β-unsaturated/α-hetero) is 1. The zero-order valence-electron chi connectivity index (χ0n) is 7.94. The Morgan fingerprint density at radius 2 is 1.87 bits per heavy atom. The van der Waals surface area contributed by atoms with Crippen LogP contribution in [-0.2, 0) is 9.53 Å². The highest BCUT2D eigenvalue weighted by Crippen LogP contribution is 2.11. The van der Waals surface area contributed by atoms with Crippen LogP contribution in [0, 0.1) is 0 Å². The summed E-state index contributed by atoms with van der Waals surface area (Å²) in [4.78, 5) is 22.3. The van der Waals surface area contributed by atoms with Crippen molar-refractivity contribution in [2.24, 2.45) is 0 Å². The Kier molecular flexibility index (Phi) is 3.82. The van der Waals surface area contributed by atoms with Crippen LogP contribution in [0.15, 0.2) is 24.3 Å². The number of esters is 1. The number of hydrogen-bond donors (Lipinski definition) is 1. The molecule has 80 valence electrons. The van der Waals surface area contributed by atoms with Gasteiger partial charge in [-0.05, 0) is 24.3 Å². The number of methoxy groups -OCH3 is 1. The average molecular weight is 229 g/mol. The number of aliphatic hydroxyl groups excluding tert-OH is 1. The summed E-state index contributed by atoms with van der Waals surface area (Å²) in [6, 6.07) is 5.85. The van der Waals surface area contributed by atoms with E-state index < -0.39 is 17.9 Å². The van der Waals surface area contributed by atoms with Gasteiger partial charge in [-0.25, -0.2) is 4.79 Å². The minimum Gasteiger partial charge on any atom is -0.467 e. The van der Waals surface area contributed by atoms with Gasteiger partial charge in [-0.2, -0.15) is 0 Å². The van der Waals surface area contributed by atoms with E-state index >= 15 is 0 Å². The summed E-state index contributed by atoms with van der Waals surface area (Å²) in [6.07, 6.45) is -1.78. The van der Waals surface area contributed by atoms with Crippen molar-refractivity contribution in [3.63, 3.8) is 0 Å². The molecule has 1 N–H and O–H groups in total. The number of benzene rings is 1. The molecule has 0 fully saturated rings. The maximum Gasteiger partial charge on any atom is 0.342 e. The molecule has 1 atom stereocenters. The molecule has 15 heavy (non-hydrogen) atoms. The van der Waals surface area contributed by atoms with Gasteiger partial charge in [0.1, 0.15) is 0 Å². The first-order chi connectivity index (χ1) is 7.06. The van der Waals surface area contributed by atoms with Crippen LogP contribution in [-0.4, -0.2) is 30.1 Å². The van der Waals surface area contributed by atoms with Crippen LogP contribution in [0.5, 0.6) is 0 Å². The fourth-order valence-electron chi connectivity index (χ4n) is 0.991. The molecule has 0 bridgehead atoms. The molecule has 1 rings (SSSR count). The quantitative estimate of drug-likeness (QED) is 0.477. The Morgan fingerprint density at radius 3 is 2.33 bits per heavy atom. The van der Waals surface area contributed by atoms with Crippen molar-refractivity contribution >= 4 is 23.4 Å². The zero-order chi connectivity index (χ0) is 11.4. The van der Waals surface area contributed by atoms with Gasteiger partial charge in [0.15, 0.2) is 0 Å². The average Bonchev–Trinajstić information content (AvgIpc) is 2.27. The lowest BCUT2D eigenvalue weighted by molar-refractivity contribution is -0.147. The van der Waals surface area contributed by atoms with E-state index in [2.05, 4.69) is 4.74 Å². The van der Waals surface area contributed by atoms with Gasteiger partial charge >= 0.3 is 5.97 Å². The second kappa shape index (κ2) is 4.91. The molecule has 0 heterocycles. The maximum absolute atomic E-state index is 11.5. The molecule has 1 aromatic rings. The van der Waals surface area contributed by atoms with Crippen molar-refractivity contribution in [2.75, 3.05) is 7.11 Å². The molecule has 0 radical (unpaired) electrons. The monoisotopic (exact) mass is 228 g/mol. The smallest absolute Gasteiger partial charge is 0.342 e. The van der Waals surface area contributed by atoms with E-state index in [1.54, 1.807) is 0 Å². The highest BCUT2D eigenvalue weighted by molar-refractivity contribution is 6.30. The van der Waals surface area contributed by atoms with Crippen LogP contribution in [0.4, 0.5) is 0 Å². The summed E-state index contributed by atoms with van der Waals surface area (Å²) in [5.41, 5.74) is 0.206. The van der Waals surface area contributed by atoms with Crippen molar-refractivity contribution < 1.29 is 19.4 Å². The van der Waals surface area contributed by atoms with E-state index in [9.17, 15) is 14.7 Å². The second-order valence-electron chi connectivity index (χ2n) is 2.80. The highest BCUT2D eigenvalue weighted by atomic mass is 35.5. The summed E-state index contributed by atoms with van der Waals surface area (Å²) >= 11 is 5.62. The Hall–Kier alpha value is -1.39. The Labute approximate surface area is 91.4 Å². The highest BCUT2D eigenvalue weighted by Gasteiger charge is 2.25. The molecule has 0 saturated heterocycles. The van der Waals surface area contributed by atoms with Crippen LogP contribution in [0.25, 0.3) is 0 Å². The normalized spacial score (nSPS) is 11.9. The molecular formula is C10H9ClO4. The molecule has 0 aliphatic heterocycles. The van der Waals surface area contributed by atoms with Gasteiger partial charge in [-0.3, -0.25) is 4.79 Å². The van der Waals surface area contributed by atoms with Crippen molar-refractivity contribution in [1.29, 1.82) is 0 Å². The van der Waals surface area contributed by atoms with Crippen LogP contribution in [0.2, 0.25) is 5.02 Å². The Bertz CT molecular complexity index is 372. The van der Waals surface area contributed by atoms with E-state index in [1.807, 2.05) is 0 Å². The van der Waals surface area contributed by atoms with Crippen LogP contribution >= 0.6 is 11.6 Å². The van der Waals surface area contributed by atoms with Crippen LogP contribution in [0.3, 0.4) is 0 Å². The van der Waals surface area contributed by atoms with Gasteiger partial charge in [0.25, 0.3) is 0 Å². The van der Waals surface area contributed by atoms with Gasteiger partial charge in [0, 0.05) is 10.6 Å². The third-order valence-electron chi connectivity index (χ3n) is 1.80. The summed E-state index contributed by atoms with van der Waals surface area (Å²) in [5.74, 6) is -1.69. The Balaban J connectivity index is 2.85. The van der Waals surface area contributed by atoms with Crippen LogP contribution < -0.4 is 0 Å². The number of hydrogen-bond acceptors (Lipinski definition) is 4. The van der Waals surface area contributed by atoms with E-state index in [0.717, 1.165) is 7.11 Å². The largest absolute Gasteiger partial charge is 0.467 e. The lowest BCUT2D eigenvalue weighted by Gasteiger charge is -2.06. The fourth-order valence-corrected chi connectivity index (χ4v) is 1.12. The van der Waals surface area contributed by atoms with Gasteiger partial charge in [0.05, 0.1) is 7.11 Å². The van der Waals surface area contributed by atoms with E-state index in [4.69, 9.17) is 11.6 Å². The second-order valence-corrected chi connectivity index (χ2v) is 3.23. The molecule has 4 nitrogen and oxygen atoms in total. The lowest BCUT2D eigenvalue weighted by Crippen LogP contribution is -2.30. The minimum atomic E-state index is -1.78. The molecule has 0 amide bonds. The number of ether oxygens (including phenoxy) is 1. The molecule has 0 saturated carbocycles. The fraction of sp³-hybridized carbons (Fsp3) is 0.200. The lowest BCUT2D eigenvalue weighted by atomic mass is 10.1. The standard InChI is InChI=1S/C10H9ClO4/c1-15-10(14)9(13)8(12)6-2-4-7(11)5-3-6/h2-5,9,13H,1H3/t9-/m0/s1. The van der Waals surface area contributed by atoms with E-state index in [1.165, 1.54) is 24.3 Å². The summed E-state index contributed by atoms with van der Waals surface area (Å²) in [6.45, 7) is 0. The van der Waals surface area contributed by atoms with E-state index in [-0.39, 0.29) is 5.56 Å². The number of carbonyl (C=O) groups excluding carboxylic acids is 2. The van der Waals surface area contributed by atoms with Gasteiger partial charge in [-0.1, -0.05) is 11.6 Å². The van der Waals surface area contributed by atoms with Crippen molar-refractivity contribution in [1.82, 2.24) is 0 Å². The molecule has 0 unspecified atom stereocenters. The first-order valence-electron chi connectivity index (χ1n) is 4.12. The third-order valence-corrected chi connectivity index (χ3v) is 2.05. The van der Waals surface area contributed by atoms with Crippen molar-refractivity contribution in [2.45, 2.75) is 6.10 Å². The topological polar surface area (TPSA) is 63.6 Å². The van der Waals surface area contributed by atoms with Crippen molar-refractivity contribution in [3.8, 4) is 0 Å². The van der Waals surface area contributed by atoms with Gasteiger partial charge in [0.2, 0.25) is 11.9 Å². The summed E-state index contributed by atoms with van der Waals surface area (Å²) in [7, 11) is 1.10. The molecule has 0 aromatic heterocycles. The van der Waals surface area contributed by atoms with Gasteiger partial charge in [-0.15, -0.1) is 0 Å². The zero-order valence-corrected chi connectivity index (χ0v) is 8.69. The molecule has 5 heteroatoms. The summed E-state index contributed by atoms with van der Waals surface area (Å²) < 4.78 is 4.24. The molecule has 0 spiro atoms. The minimum absolute atomic E-state index is 0.206. The predicted octanol–water partition coefficient (Wildman–Crippen LogP) is 1.06. The molecule has 1 aromatic carbocycles. The number of carbonyl (C=O) groups is 2. The first-order valence-corrected chi connectivity index (χ1v) is 4.49. The Morgan fingerprint density at radius 1 is 1.33 bits per heavy atom. The summed E-state index contributed by atoms with van der Waals surface area (Å²) in [5, 5.41) is 9.72. The predicted molar refractivity (Wildman–Crippen MR) is 53.8 cm³/mol. The number of halogens is 1. The SMILES string of the molecule is COC(=O)[C@@H](O)C(=O)c1ccc(Cl)cc1. The molecule has 0 aliphatic carbocycles. The van der Waals surface area contributed by atoms with Crippen molar-refractivity contribution in [3.05, 3.63) is 34.9 Å². The molecule has 0 aliphatic rings. The maximum atomic E-state index is 11.5. The number of rotatable bonds is 3. The molecular weight excluding hydrogens is 220 g/mol.